The molecule has 154 valence electrons. The summed E-state index contributed by atoms with van der Waals surface area (Å²) in [5, 5.41) is 0. The first kappa shape index (κ1) is 21.7. The summed E-state index contributed by atoms with van der Waals surface area (Å²) in [7, 11) is 0. The van der Waals surface area contributed by atoms with E-state index in [0.717, 1.165) is 11.1 Å². The van der Waals surface area contributed by atoms with Crippen LogP contribution < -0.4 is 4.74 Å². The fourth-order valence-electron chi connectivity index (χ4n) is 2.96. The molecule has 0 aliphatic carbocycles. The van der Waals surface area contributed by atoms with E-state index >= 15 is 0 Å². The number of benzene rings is 4. The van der Waals surface area contributed by atoms with Gasteiger partial charge in [0.1, 0.15) is 5.75 Å². The Morgan fingerprint density at radius 3 is 1.45 bits per heavy atom. The quantitative estimate of drug-likeness (QED) is 0.339. The second-order valence-corrected chi connectivity index (χ2v) is 6.87. The Morgan fingerprint density at radius 1 is 0.581 bits per heavy atom. The summed E-state index contributed by atoms with van der Waals surface area (Å²) < 4.78 is 5.97. The van der Waals surface area contributed by atoms with Crippen LogP contribution in [0.5, 0.6) is 5.75 Å². The molecular formula is C28H24O3. The zero-order valence-corrected chi connectivity index (χ0v) is 17.3. The Hall–Kier alpha value is -3.98. The van der Waals surface area contributed by atoms with E-state index in [1.807, 2.05) is 121 Å². The maximum atomic E-state index is 12.8. The first-order chi connectivity index (χ1) is 15.1. The zero-order chi connectivity index (χ0) is 21.9. The summed E-state index contributed by atoms with van der Waals surface area (Å²) >= 11 is 0. The van der Waals surface area contributed by atoms with Crippen LogP contribution in [0, 0.1) is 0 Å². The van der Waals surface area contributed by atoms with Crippen LogP contribution in [-0.4, -0.2) is 11.6 Å². The highest BCUT2D eigenvalue weighted by Crippen LogP contribution is 2.25. The third-order valence-electron chi connectivity index (χ3n) is 4.58. The number of hydrogen-bond donors (Lipinski definition) is 0. The Kier molecular flexibility index (Phi) is 7.90. The van der Waals surface area contributed by atoms with Gasteiger partial charge in [-0.15, -0.1) is 0 Å². The van der Waals surface area contributed by atoms with Crippen LogP contribution in [0.4, 0.5) is 0 Å². The van der Waals surface area contributed by atoms with Gasteiger partial charge in [0.05, 0.1) is 0 Å². The van der Waals surface area contributed by atoms with Crippen molar-refractivity contribution >= 4 is 11.6 Å². The van der Waals surface area contributed by atoms with Crippen LogP contribution in [0.15, 0.2) is 121 Å². The lowest BCUT2D eigenvalue weighted by Gasteiger charge is -2.18. The highest BCUT2D eigenvalue weighted by atomic mass is 16.5. The third-order valence-corrected chi connectivity index (χ3v) is 4.58. The van der Waals surface area contributed by atoms with Gasteiger partial charge < -0.3 is 4.74 Å². The molecule has 3 nitrogen and oxygen atoms in total. The lowest BCUT2D eigenvalue weighted by Crippen LogP contribution is -2.19. The molecule has 1 unspecified atom stereocenters. The smallest absolute Gasteiger partial charge is 0.207 e. The minimum Gasteiger partial charge on any atom is -0.478 e. The standard InChI is InChI=1S/C20H16O2.C8H8O/c21-19(16-10-4-1-5-11-16)20(17-12-6-2-7-13-17)22-18-14-8-3-9-15-18;1-7(9)8-5-3-2-4-6-8/h1-15,20H;2-6H,1H3. The molecule has 0 aliphatic rings. The van der Waals surface area contributed by atoms with Crippen molar-refractivity contribution in [3.63, 3.8) is 0 Å². The average molecular weight is 408 g/mol. The lowest BCUT2D eigenvalue weighted by molar-refractivity contribution is 0.0792. The van der Waals surface area contributed by atoms with Gasteiger partial charge in [0, 0.05) is 16.7 Å². The van der Waals surface area contributed by atoms with Gasteiger partial charge in [-0.1, -0.05) is 109 Å². The molecule has 0 heterocycles. The topological polar surface area (TPSA) is 43.4 Å². The molecule has 3 heteroatoms. The van der Waals surface area contributed by atoms with Crippen molar-refractivity contribution in [1.29, 1.82) is 0 Å². The maximum Gasteiger partial charge on any atom is 0.207 e. The SMILES string of the molecule is CC(=O)c1ccccc1.O=C(c1ccccc1)C(Oc1ccccc1)c1ccccc1. The molecule has 0 radical (unpaired) electrons. The van der Waals surface area contributed by atoms with E-state index in [1.165, 1.54) is 0 Å². The summed E-state index contributed by atoms with van der Waals surface area (Å²) in [5.74, 6) is 0.756. The van der Waals surface area contributed by atoms with Crippen LogP contribution in [-0.2, 0) is 0 Å². The second kappa shape index (κ2) is 11.3. The zero-order valence-electron chi connectivity index (χ0n) is 17.3. The van der Waals surface area contributed by atoms with Crippen molar-refractivity contribution in [2.24, 2.45) is 0 Å². The number of para-hydroxylation sites is 1. The molecule has 4 aromatic carbocycles. The molecule has 4 aromatic rings. The summed E-state index contributed by atoms with van der Waals surface area (Å²) in [4.78, 5) is 23.5. The van der Waals surface area contributed by atoms with Crippen LogP contribution in [0.2, 0.25) is 0 Å². The minimum atomic E-state index is -0.647. The summed E-state index contributed by atoms with van der Waals surface area (Å²) in [6, 6.07) is 37.5. The number of ether oxygens (including phenoxy) is 1. The van der Waals surface area contributed by atoms with Crippen molar-refractivity contribution in [3.8, 4) is 5.75 Å². The van der Waals surface area contributed by atoms with Crippen molar-refractivity contribution in [1.82, 2.24) is 0 Å². The van der Waals surface area contributed by atoms with E-state index in [4.69, 9.17) is 4.74 Å². The Balaban J connectivity index is 0.000000254. The predicted octanol–water partition coefficient (Wildman–Crippen LogP) is 6.58. The van der Waals surface area contributed by atoms with E-state index < -0.39 is 6.10 Å². The van der Waals surface area contributed by atoms with Gasteiger partial charge >= 0.3 is 0 Å². The third kappa shape index (κ3) is 6.51. The lowest BCUT2D eigenvalue weighted by atomic mass is 10.00. The van der Waals surface area contributed by atoms with Gasteiger partial charge in [0.2, 0.25) is 5.78 Å². The normalized spacial score (nSPS) is 10.9. The van der Waals surface area contributed by atoms with Gasteiger partial charge in [-0.25, -0.2) is 0 Å². The van der Waals surface area contributed by atoms with Crippen LogP contribution in [0.3, 0.4) is 0 Å². The predicted molar refractivity (Wildman–Crippen MR) is 123 cm³/mol. The van der Waals surface area contributed by atoms with E-state index in [-0.39, 0.29) is 11.6 Å². The second-order valence-electron chi connectivity index (χ2n) is 6.87. The fourth-order valence-corrected chi connectivity index (χ4v) is 2.96. The van der Waals surface area contributed by atoms with Crippen LogP contribution >= 0.6 is 0 Å². The molecular weight excluding hydrogens is 384 g/mol. The first-order valence-electron chi connectivity index (χ1n) is 10.1. The van der Waals surface area contributed by atoms with Crippen LogP contribution in [0.25, 0.3) is 0 Å². The summed E-state index contributed by atoms with van der Waals surface area (Å²) in [6.07, 6.45) is -0.647. The molecule has 0 saturated carbocycles. The van der Waals surface area contributed by atoms with E-state index in [1.54, 1.807) is 6.92 Å². The molecule has 0 fully saturated rings. The monoisotopic (exact) mass is 408 g/mol. The average Bonchev–Trinajstić information content (AvgIpc) is 2.85. The van der Waals surface area contributed by atoms with Gasteiger partial charge in [-0.05, 0) is 19.1 Å². The Morgan fingerprint density at radius 2 is 1.00 bits per heavy atom. The van der Waals surface area contributed by atoms with E-state index in [9.17, 15) is 9.59 Å². The Labute approximate surface area is 183 Å². The molecule has 0 saturated heterocycles. The highest BCUT2D eigenvalue weighted by Gasteiger charge is 2.23. The van der Waals surface area contributed by atoms with Crippen LogP contribution in [0.1, 0.15) is 39.3 Å². The Bertz CT molecular complexity index is 1080. The molecule has 0 aliphatic heterocycles. The van der Waals surface area contributed by atoms with E-state index in [2.05, 4.69) is 0 Å². The largest absolute Gasteiger partial charge is 0.478 e. The summed E-state index contributed by atoms with van der Waals surface area (Å²) in [5.41, 5.74) is 2.27. The number of carbonyl (C=O) groups is 2. The van der Waals surface area contributed by atoms with Gasteiger partial charge in [0.15, 0.2) is 11.9 Å². The van der Waals surface area contributed by atoms with E-state index in [0.29, 0.717) is 11.3 Å². The number of rotatable bonds is 6. The molecule has 0 N–H and O–H groups in total. The first-order valence-corrected chi connectivity index (χ1v) is 10.1. The molecule has 4 rings (SSSR count). The van der Waals surface area contributed by atoms with Gasteiger partial charge in [-0.2, -0.15) is 0 Å². The van der Waals surface area contributed by atoms with Crippen molar-refractivity contribution < 1.29 is 14.3 Å². The minimum absolute atomic E-state index is 0.0457. The molecule has 31 heavy (non-hydrogen) atoms. The molecule has 0 spiro atoms. The van der Waals surface area contributed by atoms with Crippen molar-refractivity contribution in [2.45, 2.75) is 13.0 Å². The number of hydrogen-bond acceptors (Lipinski definition) is 3. The molecule has 0 aromatic heterocycles. The number of carbonyl (C=O) groups excluding carboxylic acids is 2. The maximum absolute atomic E-state index is 12.8. The fraction of sp³-hybridized carbons (Fsp3) is 0.0714. The van der Waals surface area contributed by atoms with Gasteiger partial charge in [-0.3, -0.25) is 9.59 Å². The highest BCUT2D eigenvalue weighted by molar-refractivity contribution is 6.00. The van der Waals surface area contributed by atoms with Gasteiger partial charge in [0.25, 0.3) is 0 Å². The number of ketones is 2. The molecule has 0 bridgehead atoms. The van der Waals surface area contributed by atoms with Crippen molar-refractivity contribution in [2.75, 3.05) is 0 Å². The summed E-state index contributed by atoms with van der Waals surface area (Å²) in [6.45, 7) is 1.56. The molecule has 0 amide bonds. The number of Topliss-reactive ketones (excluding diaryl/α,β-unsaturated/α-hetero) is 2. The molecule has 1 atom stereocenters. The van der Waals surface area contributed by atoms with Crippen molar-refractivity contribution in [3.05, 3.63) is 138 Å².